The van der Waals surface area contributed by atoms with Crippen molar-refractivity contribution in [3.8, 4) is 17.6 Å². The second-order valence-electron chi connectivity index (χ2n) is 7.95. The van der Waals surface area contributed by atoms with Gasteiger partial charge < -0.3 is 14.2 Å². The van der Waals surface area contributed by atoms with Gasteiger partial charge >= 0.3 is 11.9 Å². The minimum absolute atomic E-state index is 0.346. The summed E-state index contributed by atoms with van der Waals surface area (Å²) in [7, 11) is 0. The zero-order valence-corrected chi connectivity index (χ0v) is 19.7. The van der Waals surface area contributed by atoms with E-state index in [2.05, 4.69) is 6.58 Å². The predicted molar refractivity (Wildman–Crippen MR) is 131 cm³/mol. The number of esters is 2. The molecule has 0 aliphatic carbocycles. The van der Waals surface area contributed by atoms with Gasteiger partial charge in [0, 0.05) is 6.08 Å². The fourth-order valence-corrected chi connectivity index (χ4v) is 3.31. The van der Waals surface area contributed by atoms with Crippen LogP contribution >= 0.6 is 0 Å². The van der Waals surface area contributed by atoms with E-state index in [4.69, 9.17) is 19.5 Å². The Kier molecular flexibility index (Phi) is 12.6. The molecule has 6 nitrogen and oxygen atoms in total. The SMILES string of the molecule is C=CC(=O)OCCCCCCCCCCCOc1ccc(C(=O)Oc2ccc(C#N)cc2)cc1. The summed E-state index contributed by atoms with van der Waals surface area (Å²) >= 11 is 0. The van der Waals surface area contributed by atoms with Crippen LogP contribution in [0, 0.1) is 11.3 Å². The summed E-state index contributed by atoms with van der Waals surface area (Å²) < 4.78 is 16.0. The lowest BCUT2D eigenvalue weighted by molar-refractivity contribution is -0.137. The molecule has 180 valence electrons. The van der Waals surface area contributed by atoms with Crippen molar-refractivity contribution in [2.75, 3.05) is 13.2 Å². The first-order chi connectivity index (χ1) is 16.6. The monoisotopic (exact) mass is 463 g/mol. The van der Waals surface area contributed by atoms with Crippen molar-refractivity contribution in [1.82, 2.24) is 0 Å². The fraction of sp³-hybridized carbons (Fsp3) is 0.393. The summed E-state index contributed by atoms with van der Waals surface area (Å²) in [6, 6.07) is 15.3. The van der Waals surface area contributed by atoms with Gasteiger partial charge in [-0.15, -0.1) is 0 Å². The molecule has 0 heterocycles. The topological polar surface area (TPSA) is 85.6 Å². The van der Waals surface area contributed by atoms with Crippen LogP contribution in [0.2, 0.25) is 0 Å². The van der Waals surface area contributed by atoms with E-state index in [-0.39, 0.29) is 5.97 Å². The Hall–Kier alpha value is -3.59. The zero-order chi connectivity index (χ0) is 24.4. The van der Waals surface area contributed by atoms with Crippen LogP contribution in [-0.2, 0) is 9.53 Å². The lowest BCUT2D eigenvalue weighted by Gasteiger charge is -2.08. The number of benzene rings is 2. The highest BCUT2D eigenvalue weighted by atomic mass is 16.5. The summed E-state index contributed by atoms with van der Waals surface area (Å²) in [5.41, 5.74) is 0.952. The van der Waals surface area contributed by atoms with Crippen LogP contribution in [0.15, 0.2) is 61.2 Å². The Morgan fingerprint density at radius 3 is 1.85 bits per heavy atom. The molecule has 2 rings (SSSR count). The van der Waals surface area contributed by atoms with E-state index in [0.29, 0.717) is 30.1 Å². The molecule has 0 spiro atoms. The molecule has 0 amide bonds. The smallest absolute Gasteiger partial charge is 0.343 e. The van der Waals surface area contributed by atoms with Gasteiger partial charge in [-0.1, -0.05) is 51.5 Å². The highest BCUT2D eigenvalue weighted by Gasteiger charge is 2.09. The van der Waals surface area contributed by atoms with E-state index < -0.39 is 5.97 Å². The van der Waals surface area contributed by atoms with Crippen molar-refractivity contribution in [3.63, 3.8) is 0 Å². The Morgan fingerprint density at radius 2 is 1.29 bits per heavy atom. The number of nitriles is 1. The summed E-state index contributed by atoms with van der Waals surface area (Å²) in [6.45, 7) is 4.51. The number of unbranched alkanes of at least 4 members (excludes halogenated alkanes) is 8. The predicted octanol–water partition coefficient (Wildman–Crippen LogP) is 6.40. The van der Waals surface area contributed by atoms with Crippen molar-refractivity contribution in [2.24, 2.45) is 0 Å². The average Bonchev–Trinajstić information content (AvgIpc) is 2.87. The fourth-order valence-electron chi connectivity index (χ4n) is 3.31. The Balaban J connectivity index is 1.49. The molecule has 0 saturated heterocycles. The zero-order valence-electron chi connectivity index (χ0n) is 19.7. The molecule has 0 atom stereocenters. The van der Waals surface area contributed by atoms with Gasteiger partial charge in [-0.05, 0) is 61.4 Å². The van der Waals surface area contributed by atoms with Gasteiger partial charge in [-0.3, -0.25) is 0 Å². The molecule has 6 heteroatoms. The Labute approximate surface area is 202 Å². The third kappa shape index (κ3) is 10.8. The second kappa shape index (κ2) is 16.1. The van der Waals surface area contributed by atoms with Gasteiger partial charge in [-0.25, -0.2) is 9.59 Å². The number of carbonyl (C=O) groups excluding carboxylic acids is 2. The molecule has 0 aliphatic rings. The van der Waals surface area contributed by atoms with Gasteiger partial charge in [0.2, 0.25) is 0 Å². The minimum atomic E-state index is -0.451. The van der Waals surface area contributed by atoms with E-state index in [1.165, 1.54) is 38.2 Å². The number of rotatable bonds is 16. The number of hydrogen-bond donors (Lipinski definition) is 0. The summed E-state index contributed by atoms with van der Waals surface area (Å²) in [5, 5.41) is 8.82. The maximum absolute atomic E-state index is 12.2. The molecular formula is C28H33NO5. The molecule has 0 saturated carbocycles. The standard InChI is InChI=1S/C28H33NO5/c1-2-27(30)33-21-11-9-7-5-3-4-6-8-10-20-32-25-18-14-24(15-19-25)28(31)34-26-16-12-23(22-29)13-17-26/h2,12-19H,1,3-11,20-21H2. The van der Waals surface area contributed by atoms with Crippen molar-refractivity contribution in [3.05, 3.63) is 72.3 Å². The second-order valence-corrected chi connectivity index (χ2v) is 7.95. The first-order valence-corrected chi connectivity index (χ1v) is 11.9. The third-order valence-corrected chi connectivity index (χ3v) is 5.25. The van der Waals surface area contributed by atoms with Gasteiger partial charge in [0.05, 0.1) is 30.4 Å². The van der Waals surface area contributed by atoms with Gasteiger partial charge in [-0.2, -0.15) is 5.26 Å². The van der Waals surface area contributed by atoms with Crippen LogP contribution in [0.1, 0.15) is 73.7 Å². The first-order valence-electron chi connectivity index (χ1n) is 11.9. The van der Waals surface area contributed by atoms with Crippen LogP contribution < -0.4 is 9.47 Å². The van der Waals surface area contributed by atoms with Crippen molar-refractivity contribution in [1.29, 1.82) is 5.26 Å². The molecule has 2 aromatic rings. The Bertz CT molecular complexity index is 929. The summed E-state index contributed by atoms with van der Waals surface area (Å²) in [5.74, 6) is 0.332. The maximum Gasteiger partial charge on any atom is 0.343 e. The third-order valence-electron chi connectivity index (χ3n) is 5.25. The molecule has 0 radical (unpaired) electrons. The van der Waals surface area contributed by atoms with Crippen molar-refractivity contribution in [2.45, 2.75) is 57.8 Å². The van der Waals surface area contributed by atoms with Crippen LogP contribution in [-0.4, -0.2) is 25.2 Å². The van der Waals surface area contributed by atoms with Gasteiger partial charge in [0.25, 0.3) is 0 Å². The van der Waals surface area contributed by atoms with Gasteiger partial charge in [0.15, 0.2) is 0 Å². The average molecular weight is 464 g/mol. The quantitative estimate of drug-likeness (QED) is 0.124. The van der Waals surface area contributed by atoms with E-state index in [0.717, 1.165) is 31.4 Å². The Morgan fingerprint density at radius 1 is 0.765 bits per heavy atom. The highest BCUT2D eigenvalue weighted by Crippen LogP contribution is 2.17. The molecule has 2 aromatic carbocycles. The van der Waals surface area contributed by atoms with Crippen LogP contribution in [0.4, 0.5) is 0 Å². The summed E-state index contributed by atoms with van der Waals surface area (Å²) in [4.78, 5) is 23.2. The number of nitrogens with zero attached hydrogens (tertiary/aromatic N) is 1. The van der Waals surface area contributed by atoms with E-state index in [1.807, 2.05) is 6.07 Å². The van der Waals surface area contributed by atoms with Crippen molar-refractivity contribution >= 4 is 11.9 Å². The summed E-state index contributed by atoms with van der Waals surface area (Å²) in [6.07, 6.45) is 11.4. The molecule has 0 aromatic heterocycles. The van der Waals surface area contributed by atoms with Gasteiger partial charge in [0.1, 0.15) is 11.5 Å². The highest BCUT2D eigenvalue weighted by molar-refractivity contribution is 5.91. The van der Waals surface area contributed by atoms with Crippen molar-refractivity contribution < 1.29 is 23.8 Å². The number of carbonyl (C=O) groups is 2. The molecule has 0 bridgehead atoms. The molecule has 34 heavy (non-hydrogen) atoms. The number of hydrogen-bond acceptors (Lipinski definition) is 6. The molecule has 0 unspecified atom stereocenters. The largest absolute Gasteiger partial charge is 0.494 e. The van der Waals surface area contributed by atoms with Crippen LogP contribution in [0.25, 0.3) is 0 Å². The molecule has 0 fully saturated rings. The normalized spacial score (nSPS) is 10.2. The molecule has 0 aliphatic heterocycles. The minimum Gasteiger partial charge on any atom is -0.494 e. The lowest BCUT2D eigenvalue weighted by atomic mass is 10.1. The molecule has 0 N–H and O–H groups in total. The van der Waals surface area contributed by atoms with E-state index in [9.17, 15) is 9.59 Å². The van der Waals surface area contributed by atoms with E-state index in [1.54, 1.807) is 48.5 Å². The molecular weight excluding hydrogens is 430 g/mol. The number of ether oxygens (including phenoxy) is 3. The maximum atomic E-state index is 12.2. The van der Waals surface area contributed by atoms with E-state index >= 15 is 0 Å². The van der Waals surface area contributed by atoms with Crippen LogP contribution in [0.5, 0.6) is 11.5 Å². The van der Waals surface area contributed by atoms with Crippen LogP contribution in [0.3, 0.4) is 0 Å². The first kappa shape index (κ1) is 26.7. The lowest BCUT2D eigenvalue weighted by Crippen LogP contribution is -2.08.